The lowest BCUT2D eigenvalue weighted by atomic mass is 9.96. The minimum absolute atomic E-state index is 0.0547. The number of amides is 1. The molecule has 5 nitrogen and oxygen atoms in total. The van der Waals surface area contributed by atoms with E-state index in [1.807, 2.05) is 24.3 Å². The summed E-state index contributed by atoms with van der Waals surface area (Å²) in [6.07, 6.45) is 3.87. The van der Waals surface area contributed by atoms with Gasteiger partial charge in [0.1, 0.15) is 0 Å². The average molecular weight is 359 g/mol. The van der Waals surface area contributed by atoms with Crippen LogP contribution in [0.1, 0.15) is 31.7 Å². The number of aryl methyl sites for hydroxylation is 1. The topological polar surface area (TPSA) is 58.1 Å². The van der Waals surface area contributed by atoms with Crippen molar-refractivity contribution >= 4 is 29.0 Å². The molecule has 1 saturated heterocycles. The molecule has 1 aliphatic rings. The normalized spacial score (nSPS) is 17.4. The highest BCUT2D eigenvalue weighted by Gasteiger charge is 2.27. The molecule has 1 aromatic heterocycles. The summed E-state index contributed by atoms with van der Waals surface area (Å²) < 4.78 is 0. The lowest BCUT2D eigenvalue weighted by molar-refractivity contribution is -0.120. The highest BCUT2D eigenvalue weighted by Crippen LogP contribution is 2.24. The number of nitrogens with one attached hydrogen (secondary N) is 1. The minimum Gasteiger partial charge on any atom is -0.354 e. The van der Waals surface area contributed by atoms with E-state index >= 15 is 0 Å². The van der Waals surface area contributed by atoms with Crippen molar-refractivity contribution in [1.29, 1.82) is 0 Å². The van der Waals surface area contributed by atoms with Crippen LogP contribution in [0, 0.1) is 5.92 Å². The smallest absolute Gasteiger partial charge is 0.229 e. The Bertz CT molecular complexity index is 720. The van der Waals surface area contributed by atoms with E-state index in [-0.39, 0.29) is 11.8 Å². The number of para-hydroxylation sites is 1. The SMILES string of the molecule is CCCc1ccccc1NC(=O)C1CCCN(c2ccc(Cl)nn2)C1. The monoisotopic (exact) mass is 358 g/mol. The number of hydrogen-bond acceptors (Lipinski definition) is 4. The van der Waals surface area contributed by atoms with E-state index < -0.39 is 0 Å². The molecule has 3 rings (SSSR count). The van der Waals surface area contributed by atoms with Crippen LogP contribution in [0.2, 0.25) is 5.15 Å². The first-order chi connectivity index (χ1) is 12.2. The van der Waals surface area contributed by atoms with Crippen molar-refractivity contribution < 1.29 is 4.79 Å². The van der Waals surface area contributed by atoms with E-state index in [1.165, 1.54) is 5.56 Å². The number of aromatic nitrogens is 2. The molecule has 0 aliphatic carbocycles. The predicted molar refractivity (Wildman–Crippen MR) is 101 cm³/mol. The van der Waals surface area contributed by atoms with Gasteiger partial charge in [0.2, 0.25) is 5.91 Å². The number of nitrogens with zero attached hydrogens (tertiary/aromatic N) is 3. The number of piperidine rings is 1. The Morgan fingerprint density at radius 1 is 1.28 bits per heavy atom. The molecule has 0 radical (unpaired) electrons. The Morgan fingerprint density at radius 3 is 2.88 bits per heavy atom. The molecule has 132 valence electrons. The van der Waals surface area contributed by atoms with Gasteiger partial charge in [0.05, 0.1) is 5.92 Å². The average Bonchev–Trinajstić information content (AvgIpc) is 2.64. The van der Waals surface area contributed by atoms with Gasteiger partial charge < -0.3 is 10.2 Å². The molecule has 1 aliphatic heterocycles. The maximum Gasteiger partial charge on any atom is 0.229 e. The summed E-state index contributed by atoms with van der Waals surface area (Å²) in [6.45, 7) is 3.68. The van der Waals surface area contributed by atoms with Crippen molar-refractivity contribution in [3.05, 3.63) is 47.1 Å². The van der Waals surface area contributed by atoms with Crippen LogP contribution in [-0.4, -0.2) is 29.2 Å². The second-order valence-electron chi connectivity index (χ2n) is 6.40. The fourth-order valence-electron chi connectivity index (χ4n) is 3.24. The predicted octanol–water partition coefficient (Wildman–Crippen LogP) is 3.94. The summed E-state index contributed by atoms with van der Waals surface area (Å²) in [7, 11) is 0. The highest BCUT2D eigenvalue weighted by atomic mass is 35.5. The van der Waals surface area contributed by atoms with Crippen molar-refractivity contribution in [2.75, 3.05) is 23.3 Å². The van der Waals surface area contributed by atoms with Crippen LogP contribution in [0.3, 0.4) is 0 Å². The number of benzene rings is 1. The van der Waals surface area contributed by atoms with Crippen LogP contribution >= 0.6 is 11.6 Å². The van der Waals surface area contributed by atoms with Gasteiger partial charge in [-0.15, -0.1) is 10.2 Å². The Balaban J connectivity index is 1.67. The third-order valence-electron chi connectivity index (χ3n) is 4.53. The summed E-state index contributed by atoms with van der Waals surface area (Å²) >= 11 is 5.80. The molecule has 25 heavy (non-hydrogen) atoms. The molecule has 1 unspecified atom stereocenters. The maximum atomic E-state index is 12.8. The molecule has 1 aromatic carbocycles. The molecule has 2 heterocycles. The second-order valence-corrected chi connectivity index (χ2v) is 6.78. The second kappa shape index (κ2) is 8.30. The van der Waals surface area contributed by atoms with Crippen LogP contribution in [0.5, 0.6) is 0 Å². The quantitative estimate of drug-likeness (QED) is 0.879. The van der Waals surface area contributed by atoms with Crippen molar-refractivity contribution in [2.24, 2.45) is 5.92 Å². The van der Waals surface area contributed by atoms with E-state index in [9.17, 15) is 4.79 Å². The molecule has 1 N–H and O–H groups in total. The Hall–Kier alpha value is -2.14. The van der Waals surface area contributed by atoms with Gasteiger partial charge in [0, 0.05) is 18.8 Å². The van der Waals surface area contributed by atoms with E-state index in [1.54, 1.807) is 6.07 Å². The zero-order valence-electron chi connectivity index (χ0n) is 14.4. The first kappa shape index (κ1) is 17.7. The van der Waals surface area contributed by atoms with Crippen molar-refractivity contribution in [2.45, 2.75) is 32.6 Å². The first-order valence-corrected chi connectivity index (χ1v) is 9.18. The van der Waals surface area contributed by atoms with Gasteiger partial charge in [-0.05, 0) is 43.0 Å². The number of carbonyl (C=O) groups excluding carboxylic acids is 1. The molecule has 1 amide bonds. The number of hydrogen-bond donors (Lipinski definition) is 1. The summed E-state index contributed by atoms with van der Waals surface area (Å²) in [6, 6.07) is 11.6. The fraction of sp³-hybridized carbons (Fsp3) is 0.421. The molecule has 2 aromatic rings. The van der Waals surface area contributed by atoms with E-state index in [0.717, 1.165) is 43.7 Å². The van der Waals surface area contributed by atoms with Gasteiger partial charge in [-0.1, -0.05) is 43.1 Å². The number of carbonyl (C=O) groups is 1. The van der Waals surface area contributed by atoms with Gasteiger partial charge in [-0.25, -0.2) is 0 Å². The van der Waals surface area contributed by atoms with Gasteiger partial charge in [-0.3, -0.25) is 4.79 Å². The van der Waals surface area contributed by atoms with Crippen LogP contribution in [0.15, 0.2) is 36.4 Å². The van der Waals surface area contributed by atoms with Crippen LogP contribution in [0.4, 0.5) is 11.5 Å². The third-order valence-corrected chi connectivity index (χ3v) is 4.73. The third kappa shape index (κ3) is 4.48. The van der Waals surface area contributed by atoms with E-state index in [2.05, 4.69) is 33.4 Å². The maximum absolute atomic E-state index is 12.8. The number of halogens is 1. The molecular weight excluding hydrogens is 336 g/mol. The van der Waals surface area contributed by atoms with Gasteiger partial charge in [0.15, 0.2) is 11.0 Å². The number of anilines is 2. The Kier molecular flexibility index (Phi) is 5.87. The molecule has 6 heteroatoms. The Labute approximate surface area is 153 Å². The lowest BCUT2D eigenvalue weighted by Gasteiger charge is -2.32. The largest absolute Gasteiger partial charge is 0.354 e. The molecule has 0 bridgehead atoms. The van der Waals surface area contributed by atoms with Gasteiger partial charge in [-0.2, -0.15) is 0 Å². The van der Waals surface area contributed by atoms with E-state index in [0.29, 0.717) is 11.7 Å². The van der Waals surface area contributed by atoms with Gasteiger partial charge in [0.25, 0.3) is 0 Å². The summed E-state index contributed by atoms with van der Waals surface area (Å²) in [5, 5.41) is 11.5. The summed E-state index contributed by atoms with van der Waals surface area (Å²) in [4.78, 5) is 14.9. The zero-order chi connectivity index (χ0) is 17.6. The molecule has 1 fully saturated rings. The molecule has 0 saturated carbocycles. The van der Waals surface area contributed by atoms with E-state index in [4.69, 9.17) is 11.6 Å². The minimum atomic E-state index is -0.0547. The van der Waals surface area contributed by atoms with Crippen LogP contribution in [0.25, 0.3) is 0 Å². The molecule has 1 atom stereocenters. The Morgan fingerprint density at radius 2 is 2.12 bits per heavy atom. The summed E-state index contributed by atoms with van der Waals surface area (Å²) in [5.41, 5.74) is 2.12. The van der Waals surface area contributed by atoms with Crippen molar-refractivity contribution in [1.82, 2.24) is 10.2 Å². The van der Waals surface area contributed by atoms with Gasteiger partial charge >= 0.3 is 0 Å². The van der Waals surface area contributed by atoms with Crippen molar-refractivity contribution in [3.8, 4) is 0 Å². The standard InChI is InChI=1S/C19H23ClN4O/c1-2-6-14-7-3-4-9-16(14)21-19(25)15-8-5-12-24(13-15)18-11-10-17(20)22-23-18/h3-4,7,9-11,15H,2,5-6,8,12-13H2,1H3,(H,21,25). The van der Waals surface area contributed by atoms with Crippen LogP contribution < -0.4 is 10.2 Å². The molecule has 0 spiro atoms. The number of rotatable bonds is 5. The zero-order valence-corrected chi connectivity index (χ0v) is 15.2. The highest BCUT2D eigenvalue weighted by molar-refractivity contribution is 6.29. The first-order valence-electron chi connectivity index (χ1n) is 8.80. The summed E-state index contributed by atoms with van der Waals surface area (Å²) in [5.74, 6) is 0.796. The van der Waals surface area contributed by atoms with Crippen LogP contribution in [-0.2, 0) is 11.2 Å². The fourth-order valence-corrected chi connectivity index (χ4v) is 3.34. The lowest BCUT2D eigenvalue weighted by Crippen LogP contribution is -2.41. The van der Waals surface area contributed by atoms with Crippen molar-refractivity contribution in [3.63, 3.8) is 0 Å². The molecular formula is C19H23ClN4O.